The minimum atomic E-state index is -3.74. The molecule has 11 nitrogen and oxygen atoms in total. The largest absolute Gasteiger partial charge is 0.458 e. The number of nitrogens with one attached hydrogen (secondary N) is 3. The number of halogens is 1. The maximum Gasteiger partial charge on any atom is 0.329 e. The van der Waals surface area contributed by atoms with Crippen LogP contribution in [0.5, 0.6) is 0 Å². The number of unbranched alkanes of at least 4 members (excludes halogenated alkanes) is 1. The van der Waals surface area contributed by atoms with E-state index in [-0.39, 0.29) is 30.3 Å². The second kappa shape index (κ2) is 15.4. The van der Waals surface area contributed by atoms with E-state index >= 15 is 0 Å². The number of piperidine rings is 1. The number of hydrogen-bond acceptors (Lipinski definition) is 7. The van der Waals surface area contributed by atoms with Gasteiger partial charge in [0.1, 0.15) is 17.7 Å². The van der Waals surface area contributed by atoms with Crippen LogP contribution in [-0.2, 0) is 35.6 Å². The molecule has 250 valence electrons. The molecule has 1 aliphatic heterocycles. The van der Waals surface area contributed by atoms with Gasteiger partial charge in [0.25, 0.3) is 0 Å². The monoisotopic (exact) mass is 673 g/mol. The minimum absolute atomic E-state index is 0.140. The van der Waals surface area contributed by atoms with E-state index in [1.54, 1.807) is 20.8 Å². The van der Waals surface area contributed by atoms with Gasteiger partial charge in [-0.1, -0.05) is 29.8 Å². The van der Waals surface area contributed by atoms with Gasteiger partial charge in [0.15, 0.2) is 0 Å². The summed E-state index contributed by atoms with van der Waals surface area (Å²) in [6.45, 7) is 6.05. The first-order valence-corrected chi connectivity index (χ1v) is 17.4. The zero-order valence-corrected chi connectivity index (χ0v) is 28.1. The van der Waals surface area contributed by atoms with E-state index in [4.69, 9.17) is 22.1 Å². The van der Waals surface area contributed by atoms with Crippen LogP contribution in [0.15, 0.2) is 59.6 Å². The normalized spacial score (nSPS) is 16.1. The second-order valence-electron chi connectivity index (χ2n) is 12.6. The molecule has 5 N–H and O–H groups in total. The average Bonchev–Trinajstić information content (AvgIpc) is 3.42. The van der Waals surface area contributed by atoms with Crippen molar-refractivity contribution < 1.29 is 27.5 Å². The Bertz CT molecular complexity index is 1610. The van der Waals surface area contributed by atoms with E-state index in [0.29, 0.717) is 43.7 Å². The third kappa shape index (κ3) is 9.31. The van der Waals surface area contributed by atoms with Crippen LogP contribution in [0.1, 0.15) is 58.4 Å². The number of ether oxygens (including phenoxy) is 1. The molecule has 46 heavy (non-hydrogen) atoms. The van der Waals surface area contributed by atoms with Crippen molar-refractivity contribution in [3.8, 4) is 0 Å². The highest BCUT2D eigenvalue weighted by Crippen LogP contribution is 2.26. The minimum Gasteiger partial charge on any atom is -0.458 e. The Morgan fingerprint density at radius 2 is 1.70 bits per heavy atom. The van der Waals surface area contributed by atoms with Gasteiger partial charge in [-0.15, -0.1) is 0 Å². The van der Waals surface area contributed by atoms with Crippen molar-refractivity contribution >= 4 is 50.3 Å². The summed E-state index contributed by atoms with van der Waals surface area (Å²) >= 11 is 5.92. The number of hydrogen-bond donors (Lipinski definition) is 4. The van der Waals surface area contributed by atoms with Gasteiger partial charge < -0.3 is 26.1 Å². The van der Waals surface area contributed by atoms with E-state index < -0.39 is 45.5 Å². The van der Waals surface area contributed by atoms with Gasteiger partial charge in [0.2, 0.25) is 21.8 Å². The summed E-state index contributed by atoms with van der Waals surface area (Å²) in [6.07, 6.45) is 4.19. The van der Waals surface area contributed by atoms with Crippen LogP contribution in [0.2, 0.25) is 5.02 Å². The van der Waals surface area contributed by atoms with Crippen LogP contribution in [0.4, 0.5) is 0 Å². The van der Waals surface area contributed by atoms with Crippen LogP contribution in [0.25, 0.3) is 10.9 Å². The van der Waals surface area contributed by atoms with Crippen molar-refractivity contribution in [3.63, 3.8) is 0 Å². The Hall–Kier alpha value is -3.45. The number of H-pyrrole nitrogens is 1. The molecule has 2 heterocycles. The van der Waals surface area contributed by atoms with Gasteiger partial charge in [0, 0.05) is 47.6 Å². The van der Waals surface area contributed by atoms with E-state index in [1.807, 2.05) is 30.5 Å². The average molecular weight is 674 g/mol. The Morgan fingerprint density at radius 1 is 1.02 bits per heavy atom. The fourth-order valence-corrected chi connectivity index (χ4v) is 7.12. The van der Waals surface area contributed by atoms with E-state index in [1.165, 1.54) is 28.6 Å². The molecule has 0 radical (unpaired) electrons. The summed E-state index contributed by atoms with van der Waals surface area (Å²) in [5, 5.41) is 7.12. The van der Waals surface area contributed by atoms with Gasteiger partial charge in [-0.25, -0.2) is 13.2 Å². The third-order valence-electron chi connectivity index (χ3n) is 7.96. The Balaban J connectivity index is 1.49. The molecular formula is C33H44ClN5O6S. The summed E-state index contributed by atoms with van der Waals surface area (Å²) in [4.78, 5) is 43.9. The summed E-state index contributed by atoms with van der Waals surface area (Å²) in [5.74, 6) is -1.91. The van der Waals surface area contributed by atoms with Gasteiger partial charge in [-0.2, -0.15) is 4.31 Å². The van der Waals surface area contributed by atoms with Crippen LogP contribution in [0, 0.1) is 5.92 Å². The van der Waals surface area contributed by atoms with Crippen molar-refractivity contribution in [2.45, 2.75) is 81.9 Å². The lowest BCUT2D eigenvalue weighted by molar-refractivity contribution is -0.159. The number of para-hydroxylation sites is 1. The predicted molar refractivity (Wildman–Crippen MR) is 178 cm³/mol. The second-order valence-corrected chi connectivity index (χ2v) is 15.0. The van der Waals surface area contributed by atoms with E-state index in [0.717, 1.165) is 16.5 Å². The summed E-state index contributed by atoms with van der Waals surface area (Å²) in [6, 6.07) is 11.7. The number of benzene rings is 2. The number of aromatic amines is 1. The van der Waals surface area contributed by atoms with Gasteiger partial charge in [0.05, 0.1) is 4.90 Å². The van der Waals surface area contributed by atoms with Crippen molar-refractivity contribution in [1.82, 2.24) is 19.9 Å². The molecule has 0 saturated carbocycles. The Labute approximate surface area is 275 Å². The van der Waals surface area contributed by atoms with Crippen LogP contribution in [0.3, 0.4) is 0 Å². The highest BCUT2D eigenvalue weighted by atomic mass is 35.5. The number of amides is 2. The lowest BCUT2D eigenvalue weighted by Crippen LogP contribution is -2.54. The molecule has 1 fully saturated rings. The molecule has 0 spiro atoms. The number of carbonyl (C=O) groups excluding carboxylic acids is 3. The number of sulfonamides is 1. The Kier molecular flexibility index (Phi) is 11.9. The summed E-state index contributed by atoms with van der Waals surface area (Å²) < 4.78 is 33.2. The third-order valence-corrected chi connectivity index (χ3v) is 10.1. The van der Waals surface area contributed by atoms with Crippen molar-refractivity contribution in [2.24, 2.45) is 11.7 Å². The molecule has 2 atom stereocenters. The lowest BCUT2D eigenvalue weighted by Gasteiger charge is -2.31. The molecule has 4 rings (SSSR count). The first kappa shape index (κ1) is 35.4. The standard InChI is InChI=1S/C33H44ClN5O6S/c1-33(2,3)45-32(42)28(10-6-7-17-35)37-31(41)29(20-23-21-36-27-9-5-4-8-26(23)27)38-30(40)22-15-18-39(19-16-22)46(43,44)25-13-11-24(34)12-14-25/h4-5,8-9,11-14,21-22,28-29,36H,6-7,10,15-20,35H2,1-3H3,(H,37,41)(H,38,40). The number of fused-ring (bicyclic) bond motifs is 1. The first-order chi connectivity index (χ1) is 21.8. The number of rotatable bonds is 13. The predicted octanol–water partition coefficient (Wildman–Crippen LogP) is 3.91. The number of esters is 1. The maximum absolute atomic E-state index is 13.8. The zero-order chi connectivity index (χ0) is 33.5. The van der Waals surface area contributed by atoms with Gasteiger partial charge in [-0.05, 0) is 95.3 Å². The molecule has 13 heteroatoms. The van der Waals surface area contributed by atoms with Crippen LogP contribution >= 0.6 is 11.6 Å². The van der Waals surface area contributed by atoms with E-state index in [9.17, 15) is 22.8 Å². The smallest absolute Gasteiger partial charge is 0.329 e. The molecular weight excluding hydrogens is 630 g/mol. The maximum atomic E-state index is 13.8. The lowest BCUT2D eigenvalue weighted by atomic mass is 9.96. The van der Waals surface area contributed by atoms with Crippen LogP contribution < -0.4 is 16.4 Å². The molecule has 1 saturated heterocycles. The topological polar surface area (TPSA) is 164 Å². The number of nitrogens with two attached hydrogens (primary N) is 1. The van der Waals surface area contributed by atoms with E-state index in [2.05, 4.69) is 15.6 Å². The SMILES string of the molecule is CC(C)(C)OC(=O)C(CCCCN)NC(=O)C(Cc1c[nH]c2ccccc12)NC(=O)C1CCN(S(=O)(=O)c2ccc(Cl)cc2)CC1. The summed E-state index contributed by atoms with van der Waals surface area (Å²) in [5.41, 5.74) is 6.64. The van der Waals surface area contributed by atoms with Crippen LogP contribution in [-0.4, -0.2) is 72.8 Å². The molecule has 2 unspecified atom stereocenters. The highest BCUT2D eigenvalue weighted by molar-refractivity contribution is 7.89. The highest BCUT2D eigenvalue weighted by Gasteiger charge is 2.35. The van der Waals surface area contributed by atoms with Crippen molar-refractivity contribution in [1.29, 1.82) is 0 Å². The molecule has 0 bridgehead atoms. The van der Waals surface area contributed by atoms with Crippen molar-refractivity contribution in [3.05, 3.63) is 65.3 Å². The molecule has 1 aromatic heterocycles. The molecule has 3 aromatic rings. The number of carbonyl (C=O) groups is 3. The first-order valence-electron chi connectivity index (χ1n) is 15.6. The molecule has 2 amide bonds. The zero-order valence-electron chi connectivity index (χ0n) is 26.6. The molecule has 1 aliphatic rings. The number of nitrogens with zero attached hydrogens (tertiary/aromatic N) is 1. The molecule has 2 aromatic carbocycles. The van der Waals surface area contributed by atoms with Gasteiger partial charge >= 0.3 is 5.97 Å². The van der Waals surface area contributed by atoms with Crippen molar-refractivity contribution in [2.75, 3.05) is 19.6 Å². The van der Waals surface area contributed by atoms with Gasteiger partial charge in [-0.3, -0.25) is 9.59 Å². The fourth-order valence-electron chi connectivity index (χ4n) is 5.52. The molecule has 0 aliphatic carbocycles. The quantitative estimate of drug-likeness (QED) is 0.158. The Morgan fingerprint density at radius 3 is 2.35 bits per heavy atom. The summed E-state index contributed by atoms with van der Waals surface area (Å²) in [7, 11) is -3.74. The number of aromatic nitrogens is 1. The fraction of sp³-hybridized carbons (Fsp3) is 0.485.